The standard InChI is InChI=1S/C11H22N2O3/c1-2-3-4-10(12)11(14)13-7-9-8-15-5-6-16-9/h9-10H,2-8,12H2,1H3,(H,13,14)/t9?,10-/m0/s1. The first-order valence-electron chi connectivity index (χ1n) is 5.96. The summed E-state index contributed by atoms with van der Waals surface area (Å²) >= 11 is 0. The largest absolute Gasteiger partial charge is 0.376 e. The molecular formula is C11H22N2O3. The number of nitrogens with one attached hydrogen (secondary N) is 1. The van der Waals surface area contributed by atoms with Gasteiger partial charge < -0.3 is 20.5 Å². The van der Waals surface area contributed by atoms with Crippen LogP contribution in [0.1, 0.15) is 26.2 Å². The highest BCUT2D eigenvalue weighted by molar-refractivity contribution is 5.81. The molecular weight excluding hydrogens is 208 g/mol. The second-order valence-corrected chi connectivity index (χ2v) is 4.06. The van der Waals surface area contributed by atoms with Gasteiger partial charge in [-0.3, -0.25) is 4.79 Å². The van der Waals surface area contributed by atoms with E-state index in [2.05, 4.69) is 12.2 Å². The predicted molar refractivity (Wildman–Crippen MR) is 61.1 cm³/mol. The van der Waals surface area contributed by atoms with Gasteiger partial charge in [0.2, 0.25) is 5.91 Å². The van der Waals surface area contributed by atoms with E-state index in [0.717, 1.165) is 19.3 Å². The summed E-state index contributed by atoms with van der Waals surface area (Å²) < 4.78 is 10.6. The van der Waals surface area contributed by atoms with Crippen LogP contribution in [0.5, 0.6) is 0 Å². The SMILES string of the molecule is CCCC[C@H](N)C(=O)NCC1COCCO1. The zero-order valence-corrected chi connectivity index (χ0v) is 9.91. The number of nitrogens with two attached hydrogens (primary N) is 1. The average Bonchev–Trinajstić information content (AvgIpc) is 2.34. The van der Waals surface area contributed by atoms with E-state index in [9.17, 15) is 4.79 Å². The molecule has 1 saturated heterocycles. The van der Waals surface area contributed by atoms with Crippen LogP contribution in [-0.4, -0.2) is 44.4 Å². The minimum atomic E-state index is -0.399. The lowest BCUT2D eigenvalue weighted by atomic mass is 10.1. The molecule has 1 fully saturated rings. The Morgan fingerprint density at radius 1 is 1.56 bits per heavy atom. The van der Waals surface area contributed by atoms with Gasteiger partial charge in [0.05, 0.1) is 32.0 Å². The number of hydrogen-bond donors (Lipinski definition) is 2. The summed E-state index contributed by atoms with van der Waals surface area (Å²) in [6.45, 7) is 4.35. The Kier molecular flexibility index (Phi) is 6.37. The van der Waals surface area contributed by atoms with Gasteiger partial charge in [-0.2, -0.15) is 0 Å². The van der Waals surface area contributed by atoms with Gasteiger partial charge in [0, 0.05) is 6.54 Å². The quantitative estimate of drug-likeness (QED) is 0.675. The number of carbonyl (C=O) groups excluding carboxylic acids is 1. The zero-order valence-electron chi connectivity index (χ0n) is 9.91. The first-order valence-corrected chi connectivity index (χ1v) is 5.96. The van der Waals surface area contributed by atoms with Crippen molar-refractivity contribution < 1.29 is 14.3 Å². The highest BCUT2D eigenvalue weighted by Gasteiger charge is 2.17. The van der Waals surface area contributed by atoms with Crippen molar-refractivity contribution in [2.24, 2.45) is 5.73 Å². The van der Waals surface area contributed by atoms with Gasteiger partial charge in [0.1, 0.15) is 0 Å². The molecule has 1 heterocycles. The van der Waals surface area contributed by atoms with E-state index in [-0.39, 0.29) is 12.0 Å². The van der Waals surface area contributed by atoms with Crippen molar-refractivity contribution in [1.82, 2.24) is 5.32 Å². The molecule has 0 radical (unpaired) electrons. The van der Waals surface area contributed by atoms with Crippen molar-refractivity contribution in [3.8, 4) is 0 Å². The summed E-state index contributed by atoms with van der Waals surface area (Å²) in [4.78, 5) is 11.6. The lowest BCUT2D eigenvalue weighted by molar-refractivity contribution is -0.125. The van der Waals surface area contributed by atoms with Crippen LogP contribution in [-0.2, 0) is 14.3 Å². The van der Waals surface area contributed by atoms with Crippen molar-refractivity contribution >= 4 is 5.91 Å². The molecule has 1 unspecified atom stereocenters. The van der Waals surface area contributed by atoms with Crippen LogP contribution < -0.4 is 11.1 Å². The van der Waals surface area contributed by atoms with Gasteiger partial charge in [-0.25, -0.2) is 0 Å². The van der Waals surface area contributed by atoms with E-state index < -0.39 is 6.04 Å². The van der Waals surface area contributed by atoms with E-state index in [1.807, 2.05) is 0 Å². The van der Waals surface area contributed by atoms with E-state index in [4.69, 9.17) is 15.2 Å². The molecule has 1 amide bonds. The normalized spacial score (nSPS) is 22.8. The van der Waals surface area contributed by atoms with Crippen LogP contribution in [0.4, 0.5) is 0 Å². The number of amides is 1. The van der Waals surface area contributed by atoms with E-state index in [1.165, 1.54) is 0 Å². The molecule has 0 aromatic carbocycles. The highest BCUT2D eigenvalue weighted by Crippen LogP contribution is 2.01. The molecule has 0 spiro atoms. The smallest absolute Gasteiger partial charge is 0.237 e. The predicted octanol–water partition coefficient (Wildman–Crippen LogP) is 0.0355. The van der Waals surface area contributed by atoms with Crippen molar-refractivity contribution in [3.05, 3.63) is 0 Å². The molecule has 2 atom stereocenters. The molecule has 1 aliphatic rings. The zero-order chi connectivity index (χ0) is 11.8. The van der Waals surface area contributed by atoms with Gasteiger partial charge >= 0.3 is 0 Å². The molecule has 0 bridgehead atoms. The minimum Gasteiger partial charge on any atom is -0.376 e. The fourth-order valence-electron chi connectivity index (χ4n) is 1.56. The summed E-state index contributed by atoms with van der Waals surface area (Å²) in [5, 5.41) is 2.79. The van der Waals surface area contributed by atoms with Crippen molar-refractivity contribution in [1.29, 1.82) is 0 Å². The number of rotatable bonds is 6. The average molecular weight is 230 g/mol. The van der Waals surface area contributed by atoms with Gasteiger partial charge in [-0.15, -0.1) is 0 Å². The van der Waals surface area contributed by atoms with Crippen LogP contribution in [0, 0.1) is 0 Å². The number of hydrogen-bond acceptors (Lipinski definition) is 4. The van der Waals surface area contributed by atoms with Gasteiger partial charge in [-0.05, 0) is 6.42 Å². The van der Waals surface area contributed by atoms with Crippen molar-refractivity contribution in [2.75, 3.05) is 26.4 Å². The lowest BCUT2D eigenvalue weighted by Gasteiger charge is -2.23. The molecule has 0 aromatic rings. The Morgan fingerprint density at radius 3 is 3.00 bits per heavy atom. The fraction of sp³-hybridized carbons (Fsp3) is 0.909. The van der Waals surface area contributed by atoms with Gasteiger partial charge in [-0.1, -0.05) is 19.8 Å². The molecule has 16 heavy (non-hydrogen) atoms. The third-order valence-corrected chi connectivity index (χ3v) is 2.59. The van der Waals surface area contributed by atoms with E-state index in [0.29, 0.717) is 26.4 Å². The minimum absolute atomic E-state index is 0.0314. The summed E-state index contributed by atoms with van der Waals surface area (Å²) in [7, 11) is 0. The third kappa shape index (κ3) is 4.92. The Labute approximate surface area is 96.7 Å². The topological polar surface area (TPSA) is 73.6 Å². The molecule has 5 nitrogen and oxygen atoms in total. The molecule has 0 saturated carbocycles. The second kappa shape index (κ2) is 7.60. The summed E-state index contributed by atoms with van der Waals surface area (Å²) in [6, 6.07) is -0.399. The molecule has 3 N–H and O–H groups in total. The van der Waals surface area contributed by atoms with Crippen LogP contribution in [0.15, 0.2) is 0 Å². The Bertz CT molecular complexity index is 205. The number of carbonyl (C=O) groups is 1. The van der Waals surface area contributed by atoms with Crippen molar-refractivity contribution in [3.63, 3.8) is 0 Å². The lowest BCUT2D eigenvalue weighted by Crippen LogP contribution is -2.46. The first-order chi connectivity index (χ1) is 7.74. The Hall–Kier alpha value is -0.650. The summed E-state index contributed by atoms with van der Waals surface area (Å²) in [5.41, 5.74) is 5.73. The molecule has 94 valence electrons. The first kappa shape index (κ1) is 13.4. The second-order valence-electron chi connectivity index (χ2n) is 4.06. The number of ether oxygens (including phenoxy) is 2. The van der Waals surface area contributed by atoms with Gasteiger partial charge in [0.15, 0.2) is 0 Å². The van der Waals surface area contributed by atoms with Crippen LogP contribution >= 0.6 is 0 Å². The molecule has 1 aliphatic heterocycles. The van der Waals surface area contributed by atoms with E-state index in [1.54, 1.807) is 0 Å². The van der Waals surface area contributed by atoms with Crippen LogP contribution in [0.2, 0.25) is 0 Å². The highest BCUT2D eigenvalue weighted by atomic mass is 16.6. The third-order valence-electron chi connectivity index (χ3n) is 2.59. The monoisotopic (exact) mass is 230 g/mol. The van der Waals surface area contributed by atoms with Crippen molar-refractivity contribution in [2.45, 2.75) is 38.3 Å². The Balaban J connectivity index is 2.12. The molecule has 0 aromatic heterocycles. The summed E-state index contributed by atoms with van der Waals surface area (Å²) in [5.74, 6) is -0.0948. The maximum Gasteiger partial charge on any atom is 0.237 e. The maximum absolute atomic E-state index is 11.6. The van der Waals surface area contributed by atoms with E-state index >= 15 is 0 Å². The molecule has 5 heteroatoms. The van der Waals surface area contributed by atoms with Crippen LogP contribution in [0.25, 0.3) is 0 Å². The summed E-state index contributed by atoms with van der Waals surface area (Å²) in [6.07, 6.45) is 2.75. The van der Waals surface area contributed by atoms with Gasteiger partial charge in [0.25, 0.3) is 0 Å². The fourth-order valence-corrected chi connectivity index (χ4v) is 1.56. The van der Waals surface area contributed by atoms with Crippen LogP contribution in [0.3, 0.4) is 0 Å². The Morgan fingerprint density at radius 2 is 2.38 bits per heavy atom. The molecule has 0 aliphatic carbocycles. The maximum atomic E-state index is 11.6. The number of unbranched alkanes of at least 4 members (excludes halogenated alkanes) is 1. The molecule has 1 rings (SSSR count).